The van der Waals surface area contributed by atoms with Crippen LogP contribution >= 0.6 is 22.7 Å². The average Bonchev–Trinajstić information content (AvgIpc) is 3.40. The van der Waals surface area contributed by atoms with Gasteiger partial charge in [-0.2, -0.15) is 5.10 Å². The summed E-state index contributed by atoms with van der Waals surface area (Å²) in [4.78, 5) is 7.78. The minimum Gasteiger partial charge on any atom is -0.376 e. The molecule has 150 valence electrons. The molecule has 8 nitrogen and oxygen atoms in total. The van der Waals surface area contributed by atoms with Crippen molar-refractivity contribution in [1.82, 2.24) is 29.9 Å². The van der Waals surface area contributed by atoms with Crippen LogP contribution in [0, 0.1) is 18.6 Å². The molecule has 29 heavy (non-hydrogen) atoms. The number of rotatable bonds is 6. The molecule has 0 spiro atoms. The van der Waals surface area contributed by atoms with Crippen molar-refractivity contribution in [2.75, 3.05) is 5.32 Å². The van der Waals surface area contributed by atoms with Crippen molar-refractivity contribution in [3.63, 3.8) is 0 Å². The Hall–Kier alpha value is -2.83. The number of halogens is 2. The number of thiazole rings is 1. The van der Waals surface area contributed by atoms with E-state index in [1.54, 1.807) is 19.2 Å². The van der Waals surface area contributed by atoms with Crippen molar-refractivity contribution >= 4 is 33.6 Å². The van der Waals surface area contributed by atoms with Crippen LogP contribution in [0.25, 0.3) is 0 Å². The quantitative estimate of drug-likeness (QED) is 0.479. The third-order valence-corrected chi connectivity index (χ3v) is 6.25. The fourth-order valence-electron chi connectivity index (χ4n) is 2.52. The average molecular weight is 435 g/mol. The second-order valence-electron chi connectivity index (χ2n) is 6.38. The molecule has 0 saturated carbocycles. The van der Waals surface area contributed by atoms with Crippen LogP contribution in [0.1, 0.15) is 28.2 Å². The van der Waals surface area contributed by atoms with Crippen LogP contribution in [0.4, 0.5) is 19.7 Å². The van der Waals surface area contributed by atoms with Gasteiger partial charge in [-0.15, -0.1) is 21.5 Å². The molecular formula is C17H15F2N7OS2. The Morgan fingerprint density at radius 2 is 1.97 bits per heavy atom. The Kier molecular flexibility index (Phi) is 5.06. The van der Waals surface area contributed by atoms with Crippen molar-refractivity contribution in [2.45, 2.75) is 26.0 Å². The van der Waals surface area contributed by atoms with Gasteiger partial charge in [-0.1, -0.05) is 11.3 Å². The highest BCUT2D eigenvalue weighted by molar-refractivity contribution is 7.15. The van der Waals surface area contributed by atoms with Crippen molar-refractivity contribution in [3.8, 4) is 0 Å². The van der Waals surface area contributed by atoms with Crippen LogP contribution in [0.5, 0.6) is 0 Å². The van der Waals surface area contributed by atoms with E-state index in [0.717, 1.165) is 29.4 Å². The van der Waals surface area contributed by atoms with E-state index in [2.05, 4.69) is 30.6 Å². The molecule has 0 amide bonds. The van der Waals surface area contributed by atoms with E-state index < -0.39 is 17.2 Å². The van der Waals surface area contributed by atoms with Crippen molar-refractivity contribution in [3.05, 3.63) is 62.9 Å². The molecule has 12 heteroatoms. The third-order valence-electron chi connectivity index (χ3n) is 4.03. The highest BCUT2D eigenvalue weighted by Crippen LogP contribution is 2.34. The van der Waals surface area contributed by atoms with Crippen LogP contribution in [-0.2, 0) is 12.1 Å². The zero-order chi connectivity index (χ0) is 20.6. The van der Waals surface area contributed by atoms with Gasteiger partial charge in [-0.05, 0) is 13.8 Å². The smallest absolute Gasteiger partial charge is 0.211 e. The number of nitrogens with one attached hydrogen (secondary N) is 1. The maximum absolute atomic E-state index is 13.7. The summed E-state index contributed by atoms with van der Waals surface area (Å²) in [6.45, 7) is 3.38. The highest BCUT2D eigenvalue weighted by Gasteiger charge is 2.33. The zero-order valence-electron chi connectivity index (χ0n) is 15.3. The van der Waals surface area contributed by atoms with Gasteiger partial charge in [-0.25, -0.2) is 13.8 Å². The Labute approximate surface area is 171 Å². The summed E-state index contributed by atoms with van der Waals surface area (Å²) >= 11 is 2.51. The van der Waals surface area contributed by atoms with Crippen molar-refractivity contribution in [2.24, 2.45) is 0 Å². The fraction of sp³-hybridized carbons (Fsp3) is 0.235. The van der Waals surface area contributed by atoms with Crippen molar-refractivity contribution in [1.29, 1.82) is 0 Å². The van der Waals surface area contributed by atoms with E-state index in [4.69, 9.17) is 0 Å². The lowest BCUT2D eigenvalue weighted by Gasteiger charge is -2.16. The second kappa shape index (κ2) is 7.54. The highest BCUT2D eigenvalue weighted by atomic mass is 32.1. The molecule has 0 fully saturated rings. The molecule has 4 aromatic heterocycles. The summed E-state index contributed by atoms with van der Waals surface area (Å²) in [5, 5.41) is 29.3. The second-order valence-corrected chi connectivity index (χ2v) is 8.22. The molecule has 1 atom stereocenters. The van der Waals surface area contributed by atoms with Gasteiger partial charge >= 0.3 is 0 Å². The molecule has 0 aromatic carbocycles. The summed E-state index contributed by atoms with van der Waals surface area (Å²) in [5.41, 5.74) is -0.657. The molecule has 0 bridgehead atoms. The summed E-state index contributed by atoms with van der Waals surface area (Å²) < 4.78 is 28.9. The standard InChI is InChI=1S/C17H15F2N7OS2/c1-9-8-28-14(21-9)17(2,27)15-23-24-16(29-15)22-13-3-4-26(25-13)7-10-11(18)5-20-6-12(10)19/h3-6,8,27H,7H2,1-2H3,(H,22,24,25). The van der Waals surface area contributed by atoms with Gasteiger partial charge in [0, 0.05) is 28.9 Å². The SMILES string of the molecule is Cc1csc(C(C)(O)c2nnc(Nc3ccn(Cc4c(F)cncc4F)n3)s2)n1. The first-order valence-electron chi connectivity index (χ1n) is 8.40. The molecule has 0 radical (unpaired) electrons. The molecular weight excluding hydrogens is 420 g/mol. The predicted octanol–water partition coefficient (Wildman–Crippen LogP) is 3.22. The summed E-state index contributed by atoms with van der Waals surface area (Å²) in [6.07, 6.45) is 3.50. The zero-order valence-corrected chi connectivity index (χ0v) is 16.9. The lowest BCUT2D eigenvalue weighted by atomic mass is 10.1. The Balaban J connectivity index is 1.49. The topological polar surface area (TPSA) is 102 Å². The molecule has 4 rings (SSSR count). The van der Waals surface area contributed by atoms with Crippen LogP contribution < -0.4 is 5.32 Å². The third kappa shape index (κ3) is 3.99. The van der Waals surface area contributed by atoms with Gasteiger partial charge in [-0.3, -0.25) is 9.67 Å². The monoisotopic (exact) mass is 435 g/mol. The van der Waals surface area contributed by atoms with Crippen molar-refractivity contribution < 1.29 is 13.9 Å². The largest absolute Gasteiger partial charge is 0.376 e. The number of pyridine rings is 1. The van der Waals surface area contributed by atoms with E-state index >= 15 is 0 Å². The minimum atomic E-state index is -1.35. The minimum absolute atomic E-state index is 0.0820. The Morgan fingerprint density at radius 3 is 2.66 bits per heavy atom. The normalized spacial score (nSPS) is 13.4. The van der Waals surface area contributed by atoms with Crippen LogP contribution in [0.15, 0.2) is 30.0 Å². The summed E-state index contributed by atoms with van der Waals surface area (Å²) in [7, 11) is 0. The maximum atomic E-state index is 13.7. The number of nitrogens with zero attached hydrogens (tertiary/aromatic N) is 6. The molecule has 0 aliphatic carbocycles. The molecule has 0 aliphatic rings. The summed E-state index contributed by atoms with van der Waals surface area (Å²) in [6, 6.07) is 1.64. The summed E-state index contributed by atoms with van der Waals surface area (Å²) in [5.74, 6) is -1.04. The molecule has 0 aliphatic heterocycles. The Morgan fingerprint density at radius 1 is 1.21 bits per heavy atom. The molecule has 1 unspecified atom stereocenters. The van der Waals surface area contributed by atoms with Gasteiger partial charge in [0.15, 0.2) is 16.4 Å². The van der Waals surface area contributed by atoms with Gasteiger partial charge in [0.1, 0.15) is 16.6 Å². The predicted molar refractivity (Wildman–Crippen MR) is 104 cm³/mol. The molecule has 2 N–H and O–H groups in total. The van der Waals surface area contributed by atoms with Crippen LogP contribution in [-0.4, -0.2) is 35.1 Å². The lowest BCUT2D eigenvalue weighted by molar-refractivity contribution is 0.101. The first-order chi connectivity index (χ1) is 13.8. The molecule has 0 saturated heterocycles. The van der Waals surface area contributed by atoms with Crippen LogP contribution in [0.3, 0.4) is 0 Å². The number of aliphatic hydroxyl groups is 1. The first kappa shape index (κ1) is 19.5. The number of hydrogen-bond acceptors (Lipinski definition) is 9. The van der Waals surface area contributed by atoms with E-state index in [0.29, 0.717) is 21.0 Å². The van der Waals surface area contributed by atoms with Crippen LogP contribution in [0.2, 0.25) is 0 Å². The van der Waals surface area contributed by atoms with E-state index in [1.807, 2.05) is 12.3 Å². The fourth-order valence-corrected chi connectivity index (χ4v) is 4.24. The molecule has 4 aromatic rings. The number of anilines is 2. The number of hydrogen-bond donors (Lipinski definition) is 2. The Bertz CT molecular complexity index is 1130. The van der Waals surface area contributed by atoms with Gasteiger partial charge in [0.25, 0.3) is 0 Å². The number of aryl methyl sites for hydroxylation is 1. The van der Waals surface area contributed by atoms with Gasteiger partial charge in [0.05, 0.1) is 18.9 Å². The molecule has 4 heterocycles. The lowest BCUT2D eigenvalue weighted by Crippen LogP contribution is -2.22. The van der Waals surface area contributed by atoms with E-state index in [1.165, 1.54) is 16.0 Å². The van der Waals surface area contributed by atoms with Gasteiger partial charge < -0.3 is 10.4 Å². The number of aromatic nitrogens is 6. The first-order valence-corrected chi connectivity index (χ1v) is 10.1. The van der Waals surface area contributed by atoms with E-state index in [9.17, 15) is 13.9 Å². The van der Waals surface area contributed by atoms with Gasteiger partial charge in [0.2, 0.25) is 5.13 Å². The van der Waals surface area contributed by atoms with E-state index in [-0.39, 0.29) is 12.1 Å². The maximum Gasteiger partial charge on any atom is 0.211 e.